The first-order valence-corrected chi connectivity index (χ1v) is 11.5. The Hall–Kier alpha value is -2.10. The molecular formula is C18H24N2O3Si. The van der Waals surface area contributed by atoms with Gasteiger partial charge in [-0.05, 0) is 44.6 Å². The average Bonchev–Trinajstić information content (AvgIpc) is 2.54. The molecule has 2 rings (SSSR count). The lowest BCUT2D eigenvalue weighted by atomic mass is 10.0. The van der Waals surface area contributed by atoms with Gasteiger partial charge in [-0.25, -0.2) is 4.79 Å². The third kappa shape index (κ3) is 4.70. The number of nitriles is 1. The fraction of sp³-hybridized carbons (Fsp3) is 0.444. The maximum absolute atomic E-state index is 12.5. The van der Waals surface area contributed by atoms with Gasteiger partial charge in [0.2, 0.25) is 0 Å². The summed E-state index contributed by atoms with van der Waals surface area (Å²) in [7, 11) is -1.75. The maximum atomic E-state index is 12.5. The third-order valence-electron chi connectivity index (χ3n) is 3.77. The van der Waals surface area contributed by atoms with Crippen LogP contribution in [0.5, 0.6) is 0 Å². The van der Waals surface area contributed by atoms with Crippen molar-refractivity contribution in [1.29, 1.82) is 5.26 Å². The molecule has 0 bridgehead atoms. The highest BCUT2D eigenvalue weighted by molar-refractivity contribution is 6.69. The van der Waals surface area contributed by atoms with Crippen molar-refractivity contribution in [2.75, 3.05) is 0 Å². The van der Waals surface area contributed by atoms with Gasteiger partial charge < -0.3 is 9.16 Å². The second-order valence-corrected chi connectivity index (χ2v) is 11.3. The van der Waals surface area contributed by atoms with E-state index in [0.29, 0.717) is 12.1 Å². The molecule has 0 radical (unpaired) electrons. The van der Waals surface area contributed by atoms with Crippen molar-refractivity contribution in [1.82, 2.24) is 4.90 Å². The zero-order valence-corrected chi connectivity index (χ0v) is 15.7. The molecule has 6 heteroatoms. The monoisotopic (exact) mass is 344 g/mol. The van der Waals surface area contributed by atoms with Gasteiger partial charge in [-0.3, -0.25) is 4.90 Å². The zero-order chi connectivity index (χ0) is 17.7. The van der Waals surface area contributed by atoms with Gasteiger partial charge in [-0.15, -0.1) is 0 Å². The molecule has 1 aromatic carbocycles. The molecule has 5 nitrogen and oxygen atoms in total. The van der Waals surface area contributed by atoms with Crippen molar-refractivity contribution >= 4 is 14.4 Å². The first-order valence-electron chi connectivity index (χ1n) is 8.10. The predicted octanol–water partition coefficient (Wildman–Crippen LogP) is 4.04. The molecule has 1 aliphatic rings. The van der Waals surface area contributed by atoms with Crippen LogP contribution in [-0.4, -0.2) is 31.5 Å². The number of amides is 1. The highest BCUT2D eigenvalue weighted by Crippen LogP contribution is 2.27. The number of carbonyl (C=O) groups excluding carboxylic acids is 1. The van der Waals surface area contributed by atoms with Gasteiger partial charge >= 0.3 is 6.09 Å². The van der Waals surface area contributed by atoms with Crippen LogP contribution in [0.4, 0.5) is 4.79 Å². The smallest absolute Gasteiger partial charge is 0.415 e. The molecule has 0 aliphatic carbocycles. The lowest BCUT2D eigenvalue weighted by Gasteiger charge is -2.39. The molecule has 1 amide bonds. The molecule has 1 aromatic rings. The SMILES string of the molecule is C[C@@H]1[C@@H](O[Si](C)(C)C)CC=C(C#N)N1C(=O)OCc1ccccc1. The van der Waals surface area contributed by atoms with Crippen LogP contribution in [0.2, 0.25) is 19.6 Å². The number of hydrogen-bond donors (Lipinski definition) is 0. The Morgan fingerprint density at radius 3 is 2.58 bits per heavy atom. The Morgan fingerprint density at radius 2 is 2.00 bits per heavy atom. The first-order chi connectivity index (χ1) is 11.3. The van der Waals surface area contributed by atoms with Crippen molar-refractivity contribution < 1.29 is 14.0 Å². The number of rotatable bonds is 4. The molecule has 24 heavy (non-hydrogen) atoms. The Kier molecular flexibility index (Phi) is 5.81. The lowest BCUT2D eigenvalue weighted by molar-refractivity contribution is 0.0545. The molecule has 1 heterocycles. The first kappa shape index (κ1) is 18.2. The predicted molar refractivity (Wildman–Crippen MR) is 94.5 cm³/mol. The summed E-state index contributed by atoms with van der Waals surface area (Å²) in [4.78, 5) is 13.9. The molecule has 0 saturated carbocycles. The minimum absolute atomic E-state index is 0.113. The summed E-state index contributed by atoms with van der Waals surface area (Å²) < 4.78 is 11.6. The van der Waals surface area contributed by atoms with E-state index in [9.17, 15) is 10.1 Å². The molecule has 0 N–H and O–H groups in total. The molecule has 0 saturated heterocycles. The number of nitrogens with zero attached hydrogens (tertiary/aromatic N) is 2. The van der Waals surface area contributed by atoms with Crippen molar-refractivity contribution in [3.05, 3.63) is 47.7 Å². The second kappa shape index (κ2) is 7.64. The van der Waals surface area contributed by atoms with E-state index in [1.807, 2.05) is 37.3 Å². The number of ether oxygens (including phenoxy) is 1. The van der Waals surface area contributed by atoms with Crippen LogP contribution in [0.15, 0.2) is 42.1 Å². The van der Waals surface area contributed by atoms with Crippen molar-refractivity contribution in [2.24, 2.45) is 0 Å². The Balaban J connectivity index is 2.09. The van der Waals surface area contributed by atoms with E-state index < -0.39 is 14.4 Å². The van der Waals surface area contributed by atoms with E-state index in [0.717, 1.165) is 5.56 Å². The van der Waals surface area contributed by atoms with Crippen molar-refractivity contribution in [2.45, 2.75) is 51.7 Å². The number of carbonyl (C=O) groups is 1. The average molecular weight is 344 g/mol. The molecular weight excluding hydrogens is 320 g/mol. The van der Waals surface area contributed by atoms with E-state index in [-0.39, 0.29) is 18.8 Å². The van der Waals surface area contributed by atoms with Crippen molar-refractivity contribution in [3.8, 4) is 6.07 Å². The van der Waals surface area contributed by atoms with Crippen LogP contribution in [0.3, 0.4) is 0 Å². The normalized spacial score (nSPS) is 21.0. The molecule has 2 atom stereocenters. The molecule has 0 unspecified atom stereocenters. The van der Waals surface area contributed by atoms with E-state index in [1.54, 1.807) is 6.08 Å². The number of hydrogen-bond acceptors (Lipinski definition) is 4. The topological polar surface area (TPSA) is 62.6 Å². The summed E-state index contributed by atoms with van der Waals surface area (Å²) >= 11 is 0. The summed E-state index contributed by atoms with van der Waals surface area (Å²) in [5.41, 5.74) is 1.24. The van der Waals surface area contributed by atoms with Gasteiger partial charge in [0.15, 0.2) is 8.32 Å². The fourth-order valence-corrected chi connectivity index (χ4v) is 3.86. The van der Waals surface area contributed by atoms with Gasteiger partial charge in [0.25, 0.3) is 0 Å². The minimum atomic E-state index is -1.75. The van der Waals surface area contributed by atoms with Gasteiger partial charge in [0, 0.05) is 0 Å². The summed E-state index contributed by atoms with van der Waals surface area (Å²) in [6.45, 7) is 8.42. The summed E-state index contributed by atoms with van der Waals surface area (Å²) in [5.74, 6) is 0. The van der Waals surface area contributed by atoms with E-state index in [4.69, 9.17) is 9.16 Å². The van der Waals surface area contributed by atoms with Crippen LogP contribution in [-0.2, 0) is 15.8 Å². The van der Waals surface area contributed by atoms with Crippen LogP contribution in [0, 0.1) is 11.3 Å². The van der Waals surface area contributed by atoms with E-state index in [2.05, 4.69) is 25.7 Å². The summed E-state index contributed by atoms with van der Waals surface area (Å²) in [6.07, 6.45) is 1.77. The Bertz CT molecular complexity index is 646. The van der Waals surface area contributed by atoms with Gasteiger partial charge in [0.1, 0.15) is 18.4 Å². The van der Waals surface area contributed by atoms with Crippen LogP contribution < -0.4 is 0 Å². The maximum Gasteiger partial charge on any atom is 0.415 e. The number of allylic oxidation sites excluding steroid dienone is 1. The fourth-order valence-electron chi connectivity index (χ4n) is 2.66. The number of benzene rings is 1. The molecule has 0 spiro atoms. The highest BCUT2D eigenvalue weighted by Gasteiger charge is 2.37. The lowest BCUT2D eigenvalue weighted by Crippen LogP contribution is -2.50. The standard InChI is InChI=1S/C18H24N2O3Si/c1-14-17(23-24(2,3)4)11-10-16(12-19)20(14)18(21)22-13-15-8-6-5-7-9-15/h5-10,14,17H,11,13H2,1-4H3/t14-,17+/m1/s1. The molecule has 1 aliphatic heterocycles. The largest absolute Gasteiger partial charge is 0.444 e. The third-order valence-corrected chi connectivity index (χ3v) is 4.78. The minimum Gasteiger partial charge on any atom is -0.444 e. The highest BCUT2D eigenvalue weighted by atomic mass is 28.4. The van der Waals surface area contributed by atoms with Gasteiger partial charge in [-0.2, -0.15) is 5.26 Å². The van der Waals surface area contributed by atoms with Gasteiger partial charge in [-0.1, -0.05) is 30.3 Å². The van der Waals surface area contributed by atoms with Gasteiger partial charge in [0.05, 0.1) is 12.1 Å². The van der Waals surface area contributed by atoms with E-state index in [1.165, 1.54) is 4.90 Å². The Labute approximate surface area is 144 Å². The molecule has 0 aromatic heterocycles. The second-order valence-electron chi connectivity index (χ2n) is 6.86. The molecule has 0 fully saturated rings. The molecule has 128 valence electrons. The van der Waals surface area contributed by atoms with Crippen LogP contribution >= 0.6 is 0 Å². The quantitative estimate of drug-likeness (QED) is 0.773. The van der Waals surface area contributed by atoms with Crippen LogP contribution in [0.25, 0.3) is 0 Å². The van der Waals surface area contributed by atoms with E-state index >= 15 is 0 Å². The summed E-state index contributed by atoms with van der Waals surface area (Å²) in [6, 6.07) is 11.3. The van der Waals surface area contributed by atoms with Crippen LogP contribution in [0.1, 0.15) is 18.9 Å². The zero-order valence-electron chi connectivity index (χ0n) is 14.7. The van der Waals surface area contributed by atoms with Crippen molar-refractivity contribution in [3.63, 3.8) is 0 Å². The summed E-state index contributed by atoms with van der Waals surface area (Å²) in [5, 5.41) is 9.33. The Morgan fingerprint density at radius 1 is 1.33 bits per heavy atom.